The quantitative estimate of drug-likeness (QED) is 0.802. The molecule has 2 aromatic rings. The molecule has 8 nitrogen and oxygen atoms in total. The SMILES string of the molecule is COc1cc(=O)n(-c2ccccc2)nc1C(=O)N1CCN(C(C)=O)CC1. The van der Waals surface area contributed by atoms with Crippen LogP contribution in [0.5, 0.6) is 5.75 Å². The summed E-state index contributed by atoms with van der Waals surface area (Å²) in [5, 5.41) is 4.25. The predicted octanol–water partition coefficient (Wildman–Crippen LogP) is 0.545. The molecule has 3 rings (SSSR count). The molecule has 1 aromatic carbocycles. The Hall–Kier alpha value is -3.16. The van der Waals surface area contributed by atoms with Crippen LogP contribution in [0.1, 0.15) is 17.4 Å². The summed E-state index contributed by atoms with van der Waals surface area (Å²) in [6, 6.07) is 10.1. The maximum absolute atomic E-state index is 12.9. The Morgan fingerprint density at radius 3 is 2.23 bits per heavy atom. The number of piperazine rings is 1. The van der Waals surface area contributed by atoms with Crippen LogP contribution in [-0.2, 0) is 4.79 Å². The third kappa shape index (κ3) is 3.44. The molecule has 1 aromatic heterocycles. The number of hydrogen-bond acceptors (Lipinski definition) is 5. The summed E-state index contributed by atoms with van der Waals surface area (Å²) in [5.41, 5.74) is 0.258. The molecular formula is C18H20N4O4. The summed E-state index contributed by atoms with van der Waals surface area (Å²) in [4.78, 5) is 40.0. The van der Waals surface area contributed by atoms with Crippen LogP contribution in [0.4, 0.5) is 0 Å². The largest absolute Gasteiger partial charge is 0.494 e. The van der Waals surface area contributed by atoms with E-state index in [4.69, 9.17) is 4.74 Å². The van der Waals surface area contributed by atoms with E-state index in [9.17, 15) is 14.4 Å². The molecule has 1 aliphatic rings. The van der Waals surface area contributed by atoms with E-state index in [2.05, 4.69) is 5.10 Å². The van der Waals surface area contributed by atoms with Gasteiger partial charge in [-0.05, 0) is 12.1 Å². The number of ether oxygens (including phenoxy) is 1. The fourth-order valence-electron chi connectivity index (χ4n) is 2.87. The van der Waals surface area contributed by atoms with E-state index in [1.165, 1.54) is 24.8 Å². The van der Waals surface area contributed by atoms with E-state index in [0.717, 1.165) is 0 Å². The van der Waals surface area contributed by atoms with Gasteiger partial charge in [0.25, 0.3) is 11.5 Å². The maximum Gasteiger partial charge on any atom is 0.278 e. The van der Waals surface area contributed by atoms with Crippen LogP contribution in [-0.4, -0.2) is 64.7 Å². The first-order valence-corrected chi connectivity index (χ1v) is 8.30. The minimum absolute atomic E-state index is 0.00886. The second-order valence-electron chi connectivity index (χ2n) is 5.95. The van der Waals surface area contributed by atoms with E-state index in [1.807, 2.05) is 6.07 Å². The number of benzene rings is 1. The van der Waals surface area contributed by atoms with E-state index < -0.39 is 0 Å². The lowest BCUT2D eigenvalue weighted by Crippen LogP contribution is -2.50. The zero-order valence-electron chi connectivity index (χ0n) is 14.7. The van der Waals surface area contributed by atoms with Gasteiger partial charge in [-0.15, -0.1) is 0 Å². The van der Waals surface area contributed by atoms with Crippen molar-refractivity contribution in [2.75, 3.05) is 33.3 Å². The highest BCUT2D eigenvalue weighted by Gasteiger charge is 2.27. The number of carbonyl (C=O) groups excluding carboxylic acids is 2. The van der Waals surface area contributed by atoms with Crippen molar-refractivity contribution in [1.82, 2.24) is 19.6 Å². The third-order valence-corrected chi connectivity index (χ3v) is 4.33. The topological polar surface area (TPSA) is 84.7 Å². The van der Waals surface area contributed by atoms with E-state index >= 15 is 0 Å². The molecule has 0 atom stereocenters. The lowest BCUT2D eigenvalue weighted by Gasteiger charge is -2.34. The Labute approximate surface area is 150 Å². The number of para-hydroxylation sites is 1. The smallest absolute Gasteiger partial charge is 0.278 e. The Bertz CT molecular complexity index is 871. The van der Waals surface area contributed by atoms with Gasteiger partial charge in [0.05, 0.1) is 18.9 Å². The number of carbonyl (C=O) groups is 2. The van der Waals surface area contributed by atoms with Gasteiger partial charge in [0.1, 0.15) is 0 Å². The molecule has 0 unspecified atom stereocenters. The van der Waals surface area contributed by atoms with Crippen molar-refractivity contribution in [2.24, 2.45) is 0 Å². The molecule has 1 fully saturated rings. The fourth-order valence-corrected chi connectivity index (χ4v) is 2.87. The fraction of sp³-hybridized carbons (Fsp3) is 0.333. The third-order valence-electron chi connectivity index (χ3n) is 4.33. The van der Waals surface area contributed by atoms with Gasteiger partial charge < -0.3 is 14.5 Å². The lowest BCUT2D eigenvalue weighted by molar-refractivity contribution is -0.130. The lowest BCUT2D eigenvalue weighted by atomic mass is 10.2. The first-order chi connectivity index (χ1) is 12.5. The zero-order valence-corrected chi connectivity index (χ0v) is 14.7. The molecule has 8 heteroatoms. The molecule has 0 aliphatic carbocycles. The van der Waals surface area contributed by atoms with Crippen molar-refractivity contribution in [3.63, 3.8) is 0 Å². The Balaban J connectivity index is 1.92. The van der Waals surface area contributed by atoms with E-state index in [0.29, 0.717) is 31.9 Å². The highest BCUT2D eigenvalue weighted by molar-refractivity contribution is 5.95. The average Bonchev–Trinajstić information content (AvgIpc) is 2.68. The van der Waals surface area contributed by atoms with Gasteiger partial charge in [0, 0.05) is 33.1 Å². The number of nitrogens with zero attached hydrogens (tertiary/aromatic N) is 4. The summed E-state index contributed by atoms with van der Waals surface area (Å²) in [6.07, 6.45) is 0. The zero-order chi connectivity index (χ0) is 18.7. The first kappa shape index (κ1) is 17.7. The molecule has 0 N–H and O–H groups in total. The molecule has 0 saturated carbocycles. The van der Waals surface area contributed by atoms with Crippen molar-refractivity contribution >= 4 is 11.8 Å². The standard InChI is InChI=1S/C18H20N4O4/c1-13(23)20-8-10-21(11-9-20)18(25)17-15(26-2)12-16(24)22(19-17)14-6-4-3-5-7-14/h3-7,12H,8-11H2,1-2H3. The summed E-state index contributed by atoms with van der Waals surface area (Å²) in [7, 11) is 1.40. The summed E-state index contributed by atoms with van der Waals surface area (Å²) in [6.45, 7) is 3.28. The van der Waals surface area contributed by atoms with E-state index in [-0.39, 0.29) is 28.8 Å². The Morgan fingerprint density at radius 1 is 1.04 bits per heavy atom. The molecule has 136 valence electrons. The molecule has 1 aliphatic heterocycles. The second kappa shape index (κ2) is 7.38. The van der Waals surface area contributed by atoms with E-state index in [1.54, 1.807) is 34.1 Å². The summed E-state index contributed by atoms with van der Waals surface area (Å²) in [5.74, 6) is -0.193. The average molecular weight is 356 g/mol. The van der Waals surface area contributed by atoms with Crippen molar-refractivity contribution in [2.45, 2.75) is 6.92 Å². The Morgan fingerprint density at radius 2 is 1.65 bits per heavy atom. The minimum Gasteiger partial charge on any atom is -0.494 e. The Kier molecular flexibility index (Phi) is 5.01. The van der Waals surface area contributed by atoms with Crippen LogP contribution in [0.3, 0.4) is 0 Å². The normalized spacial score (nSPS) is 14.2. The summed E-state index contributed by atoms with van der Waals surface area (Å²) < 4.78 is 6.38. The van der Waals surface area contributed by atoms with Crippen LogP contribution in [0.15, 0.2) is 41.2 Å². The molecule has 0 radical (unpaired) electrons. The molecule has 2 amide bonds. The van der Waals surface area contributed by atoms with Gasteiger partial charge in [-0.2, -0.15) is 9.78 Å². The first-order valence-electron chi connectivity index (χ1n) is 8.30. The van der Waals surface area contributed by atoms with Crippen LogP contribution in [0.25, 0.3) is 5.69 Å². The van der Waals surface area contributed by atoms with Gasteiger partial charge in [-0.3, -0.25) is 14.4 Å². The van der Waals surface area contributed by atoms with Crippen LogP contribution < -0.4 is 10.3 Å². The van der Waals surface area contributed by atoms with Crippen molar-refractivity contribution in [3.05, 3.63) is 52.4 Å². The number of methoxy groups -OCH3 is 1. The number of rotatable bonds is 3. The molecule has 0 bridgehead atoms. The van der Waals surface area contributed by atoms with Crippen molar-refractivity contribution in [1.29, 1.82) is 0 Å². The predicted molar refractivity (Wildman–Crippen MR) is 94.5 cm³/mol. The van der Waals surface area contributed by atoms with Crippen molar-refractivity contribution < 1.29 is 14.3 Å². The molecule has 2 heterocycles. The minimum atomic E-state index is -0.383. The van der Waals surface area contributed by atoms with Crippen LogP contribution in [0.2, 0.25) is 0 Å². The second-order valence-corrected chi connectivity index (χ2v) is 5.95. The number of aromatic nitrogens is 2. The molecule has 1 saturated heterocycles. The van der Waals surface area contributed by atoms with Crippen molar-refractivity contribution in [3.8, 4) is 11.4 Å². The monoisotopic (exact) mass is 356 g/mol. The maximum atomic E-state index is 12.9. The van der Waals surface area contributed by atoms with Gasteiger partial charge in [0.2, 0.25) is 5.91 Å². The van der Waals surface area contributed by atoms with Crippen LogP contribution >= 0.6 is 0 Å². The highest BCUT2D eigenvalue weighted by atomic mass is 16.5. The van der Waals surface area contributed by atoms with Gasteiger partial charge in [-0.1, -0.05) is 18.2 Å². The van der Waals surface area contributed by atoms with Gasteiger partial charge in [-0.25, -0.2) is 0 Å². The summed E-state index contributed by atoms with van der Waals surface area (Å²) >= 11 is 0. The highest BCUT2D eigenvalue weighted by Crippen LogP contribution is 2.17. The molecule has 26 heavy (non-hydrogen) atoms. The molecular weight excluding hydrogens is 336 g/mol. The number of hydrogen-bond donors (Lipinski definition) is 0. The number of amides is 2. The molecule has 0 spiro atoms. The van der Waals surface area contributed by atoms with Crippen LogP contribution in [0, 0.1) is 0 Å². The van der Waals surface area contributed by atoms with Gasteiger partial charge in [0.15, 0.2) is 11.4 Å². The van der Waals surface area contributed by atoms with Gasteiger partial charge >= 0.3 is 0 Å².